The van der Waals surface area contributed by atoms with Gasteiger partial charge in [0, 0.05) is 33.0 Å². The summed E-state index contributed by atoms with van der Waals surface area (Å²) in [6, 6.07) is 6.53. The van der Waals surface area contributed by atoms with Crippen LogP contribution in [0, 0.1) is 6.92 Å². The molecule has 0 aliphatic heterocycles. The summed E-state index contributed by atoms with van der Waals surface area (Å²) in [5.41, 5.74) is 4.47. The number of hydrogen-bond donors (Lipinski definition) is 2. The third-order valence-electron chi connectivity index (χ3n) is 3.85. The highest BCUT2D eigenvalue weighted by atomic mass is 79.9. The number of halogens is 1. The molecule has 1 aliphatic rings. The molecular formula is C14H17BrN2. The number of aryl methyl sites for hydroxylation is 1. The van der Waals surface area contributed by atoms with E-state index in [2.05, 4.69) is 51.4 Å². The maximum Gasteiger partial charge on any atom is 0.0470 e. The minimum absolute atomic E-state index is 0.380. The van der Waals surface area contributed by atoms with Crippen LogP contribution in [0.15, 0.2) is 22.7 Å². The Kier molecular flexibility index (Phi) is 2.56. The van der Waals surface area contributed by atoms with E-state index in [9.17, 15) is 0 Å². The topological polar surface area (TPSA) is 27.8 Å². The lowest BCUT2D eigenvalue weighted by Crippen LogP contribution is -2.24. The fourth-order valence-corrected chi connectivity index (χ4v) is 3.35. The highest BCUT2D eigenvalue weighted by Gasteiger charge is 2.46. The summed E-state index contributed by atoms with van der Waals surface area (Å²) in [6.07, 6.45) is 2.61. The quantitative estimate of drug-likeness (QED) is 0.890. The number of likely N-dealkylation sites (N-methyl/N-ethyl adjacent to an activating group) is 1. The van der Waals surface area contributed by atoms with Crippen LogP contribution in [0.25, 0.3) is 10.9 Å². The molecule has 2 aromatic rings. The summed E-state index contributed by atoms with van der Waals surface area (Å²) in [5, 5.41) is 4.73. The number of nitrogens with one attached hydrogen (secondary N) is 2. The predicted octanol–water partition coefficient (Wildman–Crippen LogP) is 3.49. The number of rotatable bonds is 3. The number of hydrogen-bond acceptors (Lipinski definition) is 1. The Labute approximate surface area is 110 Å². The molecule has 0 unspecified atom stereocenters. The average molecular weight is 293 g/mol. The summed E-state index contributed by atoms with van der Waals surface area (Å²) >= 11 is 3.53. The summed E-state index contributed by atoms with van der Waals surface area (Å²) in [5.74, 6) is 0. The molecule has 2 nitrogen and oxygen atoms in total. The van der Waals surface area contributed by atoms with Crippen molar-refractivity contribution >= 4 is 26.8 Å². The first kappa shape index (κ1) is 11.3. The van der Waals surface area contributed by atoms with Crippen LogP contribution in [0.3, 0.4) is 0 Å². The largest absolute Gasteiger partial charge is 0.358 e. The van der Waals surface area contributed by atoms with Crippen LogP contribution in [-0.4, -0.2) is 18.6 Å². The third kappa shape index (κ3) is 1.72. The van der Waals surface area contributed by atoms with E-state index in [1.54, 1.807) is 0 Å². The molecule has 3 heteroatoms. The van der Waals surface area contributed by atoms with E-state index in [0.717, 1.165) is 11.0 Å². The molecule has 90 valence electrons. The molecule has 1 fully saturated rings. The maximum absolute atomic E-state index is 3.53. The van der Waals surface area contributed by atoms with Crippen molar-refractivity contribution in [1.82, 2.24) is 10.3 Å². The molecule has 1 heterocycles. The lowest BCUT2D eigenvalue weighted by atomic mass is 9.93. The first-order valence-corrected chi connectivity index (χ1v) is 6.88. The molecule has 1 aromatic carbocycles. The van der Waals surface area contributed by atoms with E-state index in [0.29, 0.717) is 5.41 Å². The van der Waals surface area contributed by atoms with Crippen LogP contribution in [0.5, 0.6) is 0 Å². The monoisotopic (exact) mass is 292 g/mol. The number of benzene rings is 1. The van der Waals surface area contributed by atoms with Gasteiger partial charge in [-0.1, -0.05) is 22.0 Å². The summed E-state index contributed by atoms with van der Waals surface area (Å²) in [6.45, 7) is 3.27. The molecule has 0 radical (unpaired) electrons. The molecule has 0 atom stereocenters. The Morgan fingerprint density at radius 2 is 2.18 bits per heavy atom. The highest BCUT2D eigenvalue weighted by Crippen LogP contribution is 2.51. The SMILES string of the molecule is CNCC1(c2c(C)[nH]c3cc(Br)ccc23)CC1. The van der Waals surface area contributed by atoms with Gasteiger partial charge in [0.2, 0.25) is 0 Å². The first-order valence-electron chi connectivity index (χ1n) is 6.09. The van der Waals surface area contributed by atoms with Crippen molar-refractivity contribution in [3.05, 3.63) is 33.9 Å². The molecule has 2 N–H and O–H groups in total. The first-order chi connectivity index (χ1) is 8.16. The lowest BCUT2D eigenvalue weighted by Gasteiger charge is -2.15. The van der Waals surface area contributed by atoms with Crippen LogP contribution in [0.1, 0.15) is 24.1 Å². The lowest BCUT2D eigenvalue weighted by molar-refractivity contribution is 0.625. The molecule has 1 aromatic heterocycles. The minimum Gasteiger partial charge on any atom is -0.358 e. The summed E-state index contributed by atoms with van der Waals surface area (Å²) in [7, 11) is 2.04. The van der Waals surface area contributed by atoms with Gasteiger partial charge in [-0.2, -0.15) is 0 Å². The van der Waals surface area contributed by atoms with Gasteiger partial charge in [-0.15, -0.1) is 0 Å². The van der Waals surface area contributed by atoms with Crippen molar-refractivity contribution in [2.24, 2.45) is 0 Å². The Balaban J connectivity index is 2.19. The van der Waals surface area contributed by atoms with Gasteiger partial charge in [-0.3, -0.25) is 0 Å². The van der Waals surface area contributed by atoms with Crippen LogP contribution >= 0.6 is 15.9 Å². The molecular weight excluding hydrogens is 276 g/mol. The van der Waals surface area contributed by atoms with Crippen molar-refractivity contribution < 1.29 is 0 Å². The van der Waals surface area contributed by atoms with Gasteiger partial charge in [-0.25, -0.2) is 0 Å². The van der Waals surface area contributed by atoms with Crippen molar-refractivity contribution in [3.63, 3.8) is 0 Å². The van der Waals surface area contributed by atoms with E-state index < -0.39 is 0 Å². The van der Waals surface area contributed by atoms with Gasteiger partial charge < -0.3 is 10.3 Å². The van der Waals surface area contributed by atoms with Crippen molar-refractivity contribution in [2.45, 2.75) is 25.2 Å². The van der Waals surface area contributed by atoms with Crippen molar-refractivity contribution in [2.75, 3.05) is 13.6 Å². The Hall–Kier alpha value is -0.800. The predicted molar refractivity (Wildman–Crippen MR) is 75.6 cm³/mol. The molecule has 0 saturated heterocycles. The Morgan fingerprint density at radius 3 is 2.82 bits per heavy atom. The highest BCUT2D eigenvalue weighted by molar-refractivity contribution is 9.10. The molecule has 0 spiro atoms. The number of fused-ring (bicyclic) bond motifs is 1. The van der Waals surface area contributed by atoms with E-state index in [1.165, 1.54) is 35.0 Å². The Bertz CT molecular complexity index is 567. The second kappa shape index (κ2) is 3.85. The normalized spacial score (nSPS) is 17.6. The molecule has 1 aliphatic carbocycles. The van der Waals surface area contributed by atoms with E-state index >= 15 is 0 Å². The third-order valence-corrected chi connectivity index (χ3v) is 4.34. The van der Waals surface area contributed by atoms with Crippen molar-refractivity contribution in [3.8, 4) is 0 Å². The summed E-state index contributed by atoms with van der Waals surface area (Å²) in [4.78, 5) is 3.51. The van der Waals surface area contributed by atoms with E-state index in [4.69, 9.17) is 0 Å². The van der Waals surface area contributed by atoms with Crippen LogP contribution in [0.4, 0.5) is 0 Å². The van der Waals surface area contributed by atoms with E-state index in [-0.39, 0.29) is 0 Å². The zero-order chi connectivity index (χ0) is 12.0. The van der Waals surface area contributed by atoms with Crippen LogP contribution in [0.2, 0.25) is 0 Å². The summed E-state index contributed by atoms with van der Waals surface area (Å²) < 4.78 is 1.14. The Morgan fingerprint density at radius 1 is 1.41 bits per heavy atom. The zero-order valence-electron chi connectivity index (χ0n) is 10.2. The molecule has 3 rings (SSSR count). The fourth-order valence-electron chi connectivity index (χ4n) is 2.99. The molecule has 1 saturated carbocycles. The van der Waals surface area contributed by atoms with E-state index in [1.807, 2.05) is 7.05 Å². The smallest absolute Gasteiger partial charge is 0.0470 e. The van der Waals surface area contributed by atoms with Gasteiger partial charge in [0.25, 0.3) is 0 Å². The number of H-pyrrole nitrogens is 1. The van der Waals surface area contributed by atoms with Gasteiger partial charge in [-0.05, 0) is 44.5 Å². The second-order valence-corrected chi connectivity index (χ2v) is 6.04. The maximum atomic E-state index is 3.53. The zero-order valence-corrected chi connectivity index (χ0v) is 11.8. The van der Waals surface area contributed by atoms with Gasteiger partial charge in [0.1, 0.15) is 0 Å². The molecule has 0 amide bonds. The van der Waals surface area contributed by atoms with Crippen LogP contribution < -0.4 is 5.32 Å². The standard InChI is InChI=1S/C14H17BrN2/c1-9-13(14(5-6-14)8-16-2)11-4-3-10(15)7-12(11)17-9/h3-4,7,16-17H,5-6,8H2,1-2H3. The van der Waals surface area contributed by atoms with Gasteiger partial charge >= 0.3 is 0 Å². The van der Waals surface area contributed by atoms with Gasteiger partial charge in [0.05, 0.1) is 0 Å². The average Bonchev–Trinajstić information content (AvgIpc) is 2.95. The number of aromatic nitrogens is 1. The molecule has 17 heavy (non-hydrogen) atoms. The molecule has 0 bridgehead atoms. The second-order valence-electron chi connectivity index (χ2n) is 5.13. The fraction of sp³-hybridized carbons (Fsp3) is 0.429. The van der Waals surface area contributed by atoms with Gasteiger partial charge in [0.15, 0.2) is 0 Å². The minimum atomic E-state index is 0.380. The number of aromatic amines is 1. The van der Waals surface area contributed by atoms with Crippen LogP contribution in [-0.2, 0) is 5.41 Å². The van der Waals surface area contributed by atoms with Crippen molar-refractivity contribution in [1.29, 1.82) is 0 Å².